The summed E-state index contributed by atoms with van der Waals surface area (Å²) in [6, 6.07) is 16.9. The number of aromatic nitrogens is 3. The molecule has 0 radical (unpaired) electrons. The van der Waals surface area contributed by atoms with E-state index < -0.39 is 11.9 Å². The predicted octanol–water partition coefficient (Wildman–Crippen LogP) is 4.29. The largest absolute Gasteiger partial charge is 0.463 e. The van der Waals surface area contributed by atoms with Crippen molar-refractivity contribution in [3.05, 3.63) is 84.1 Å². The van der Waals surface area contributed by atoms with Gasteiger partial charge in [-0.05, 0) is 42.5 Å². The molecule has 0 aliphatic heterocycles. The van der Waals surface area contributed by atoms with Gasteiger partial charge >= 0.3 is 11.9 Å². The fraction of sp³-hybridized carbons (Fsp3) is 0.130. The van der Waals surface area contributed by atoms with E-state index in [0.717, 1.165) is 17.4 Å². The van der Waals surface area contributed by atoms with Crippen molar-refractivity contribution in [2.75, 3.05) is 12.9 Å². The molecule has 2 aromatic carbocycles. The van der Waals surface area contributed by atoms with E-state index in [2.05, 4.69) is 14.9 Å². The smallest absolute Gasteiger partial charge is 0.374 e. The lowest BCUT2D eigenvalue weighted by Crippen LogP contribution is -2.10. The van der Waals surface area contributed by atoms with Gasteiger partial charge in [0.1, 0.15) is 12.4 Å². The van der Waals surface area contributed by atoms with Crippen molar-refractivity contribution in [3.63, 3.8) is 0 Å². The van der Waals surface area contributed by atoms with E-state index in [0.29, 0.717) is 22.1 Å². The summed E-state index contributed by atoms with van der Waals surface area (Å²) in [6.07, 6.45) is 1.32. The molecule has 8 nitrogen and oxygen atoms in total. The summed E-state index contributed by atoms with van der Waals surface area (Å²) in [5, 5.41) is 8.94. The Morgan fingerprint density at radius 1 is 1.06 bits per heavy atom. The number of nitrogens with zero attached hydrogens (tertiary/aromatic N) is 3. The van der Waals surface area contributed by atoms with E-state index in [1.807, 2.05) is 30.3 Å². The molecule has 0 spiro atoms. The van der Waals surface area contributed by atoms with Gasteiger partial charge in [-0.3, -0.25) is 9.36 Å². The fourth-order valence-corrected chi connectivity index (χ4v) is 3.75. The quantitative estimate of drug-likeness (QED) is 0.280. The zero-order valence-corrected chi connectivity index (χ0v) is 18.3. The van der Waals surface area contributed by atoms with Crippen molar-refractivity contribution in [2.24, 2.45) is 0 Å². The number of halogens is 1. The van der Waals surface area contributed by atoms with Gasteiger partial charge in [0.2, 0.25) is 5.76 Å². The van der Waals surface area contributed by atoms with Crippen LogP contribution in [0.2, 0.25) is 0 Å². The lowest BCUT2D eigenvalue weighted by molar-refractivity contribution is -0.141. The summed E-state index contributed by atoms with van der Waals surface area (Å²) in [7, 11) is 1.24. The van der Waals surface area contributed by atoms with Crippen LogP contribution in [0.1, 0.15) is 16.1 Å². The molecule has 0 bridgehead atoms. The van der Waals surface area contributed by atoms with Gasteiger partial charge in [-0.25, -0.2) is 9.18 Å². The molecular formula is C23H18FN3O5S. The van der Waals surface area contributed by atoms with Crippen LogP contribution in [0.5, 0.6) is 0 Å². The number of methoxy groups -OCH3 is 1. The topological polar surface area (TPSA) is 96.5 Å². The Bertz CT molecular complexity index is 1250. The number of hydrogen-bond donors (Lipinski definition) is 0. The molecule has 0 aliphatic carbocycles. The van der Waals surface area contributed by atoms with Crippen LogP contribution >= 0.6 is 11.8 Å². The van der Waals surface area contributed by atoms with Gasteiger partial charge in [0.05, 0.1) is 19.1 Å². The Kier molecular flexibility index (Phi) is 6.84. The maximum Gasteiger partial charge on any atom is 0.374 e. The Morgan fingerprint density at radius 2 is 1.82 bits per heavy atom. The number of para-hydroxylation sites is 1. The number of carbonyl (C=O) groups excluding carboxylic acids is 2. The molecule has 0 saturated heterocycles. The number of carbonyl (C=O) groups is 2. The average Bonchev–Trinajstić information content (AvgIpc) is 3.49. The van der Waals surface area contributed by atoms with Crippen molar-refractivity contribution >= 4 is 23.7 Å². The predicted molar refractivity (Wildman–Crippen MR) is 117 cm³/mol. The van der Waals surface area contributed by atoms with Crippen molar-refractivity contribution in [3.8, 4) is 17.1 Å². The fourth-order valence-electron chi connectivity index (χ4n) is 3.00. The Labute approximate surface area is 192 Å². The van der Waals surface area contributed by atoms with E-state index in [1.54, 1.807) is 16.7 Å². The van der Waals surface area contributed by atoms with Crippen LogP contribution in [0.25, 0.3) is 17.1 Å². The van der Waals surface area contributed by atoms with Gasteiger partial charge in [0, 0.05) is 16.8 Å². The second-order valence-electron chi connectivity index (χ2n) is 6.70. The van der Waals surface area contributed by atoms with Crippen molar-refractivity contribution in [2.45, 2.75) is 11.8 Å². The first kappa shape index (κ1) is 22.3. The van der Waals surface area contributed by atoms with Crippen LogP contribution < -0.4 is 0 Å². The van der Waals surface area contributed by atoms with E-state index in [1.165, 1.54) is 31.6 Å². The summed E-state index contributed by atoms with van der Waals surface area (Å²) in [5.41, 5.74) is 1.88. The van der Waals surface area contributed by atoms with Crippen LogP contribution in [-0.2, 0) is 20.9 Å². The SMILES string of the molecule is COC(=O)c1occc1COC(=O)CSc1nnc(-c2ccc(F)cc2)n1-c1ccccc1. The molecule has 0 amide bonds. The standard InChI is InChI=1S/C23H18FN3O5S/c1-30-22(29)20-16(11-12-31-20)13-32-19(28)14-33-23-26-25-21(15-7-9-17(24)10-8-15)27(23)18-5-3-2-4-6-18/h2-12H,13-14H2,1H3. The minimum absolute atomic E-state index is 0.00860. The van der Waals surface area contributed by atoms with Gasteiger partial charge in [-0.2, -0.15) is 0 Å². The van der Waals surface area contributed by atoms with Gasteiger partial charge in [-0.15, -0.1) is 10.2 Å². The molecule has 0 fully saturated rings. The first-order chi connectivity index (χ1) is 16.1. The molecule has 10 heteroatoms. The van der Waals surface area contributed by atoms with E-state index in [-0.39, 0.29) is 23.9 Å². The minimum atomic E-state index is -0.648. The molecule has 2 heterocycles. The zero-order valence-electron chi connectivity index (χ0n) is 17.4. The molecule has 33 heavy (non-hydrogen) atoms. The van der Waals surface area contributed by atoms with Gasteiger partial charge < -0.3 is 13.9 Å². The number of rotatable bonds is 8. The second kappa shape index (κ2) is 10.1. The summed E-state index contributed by atoms with van der Waals surface area (Å²) in [4.78, 5) is 24.0. The molecule has 4 rings (SSSR count). The number of furan rings is 1. The van der Waals surface area contributed by atoms with Crippen molar-refractivity contribution in [1.29, 1.82) is 0 Å². The normalized spacial score (nSPS) is 10.7. The second-order valence-corrected chi connectivity index (χ2v) is 7.64. The molecule has 0 aliphatic rings. The minimum Gasteiger partial charge on any atom is -0.463 e. The highest BCUT2D eigenvalue weighted by atomic mass is 32.2. The number of ether oxygens (including phenoxy) is 2. The maximum atomic E-state index is 13.4. The number of esters is 2. The van der Waals surface area contributed by atoms with Gasteiger partial charge in [0.15, 0.2) is 11.0 Å². The third kappa shape index (κ3) is 5.12. The number of hydrogen-bond acceptors (Lipinski definition) is 8. The zero-order chi connectivity index (χ0) is 23.2. The van der Waals surface area contributed by atoms with Crippen LogP contribution in [0.15, 0.2) is 76.5 Å². The third-order valence-corrected chi connectivity index (χ3v) is 5.48. The Balaban J connectivity index is 1.49. The third-order valence-electron chi connectivity index (χ3n) is 4.58. The highest BCUT2D eigenvalue weighted by Gasteiger charge is 2.19. The Morgan fingerprint density at radius 3 is 2.55 bits per heavy atom. The van der Waals surface area contributed by atoms with E-state index in [9.17, 15) is 14.0 Å². The van der Waals surface area contributed by atoms with Crippen molar-refractivity contribution < 1.29 is 27.9 Å². The maximum absolute atomic E-state index is 13.4. The first-order valence-corrected chi connectivity index (χ1v) is 10.7. The summed E-state index contributed by atoms with van der Waals surface area (Å²) in [5.74, 6) is -1.05. The van der Waals surface area contributed by atoms with Crippen LogP contribution in [0, 0.1) is 5.82 Å². The van der Waals surface area contributed by atoms with E-state index >= 15 is 0 Å². The molecule has 168 valence electrons. The average molecular weight is 467 g/mol. The van der Waals surface area contributed by atoms with Crippen LogP contribution in [0.4, 0.5) is 4.39 Å². The molecule has 0 unspecified atom stereocenters. The Hall–Kier alpha value is -3.92. The molecular weight excluding hydrogens is 449 g/mol. The molecule has 0 saturated carbocycles. The molecule has 0 atom stereocenters. The van der Waals surface area contributed by atoms with Gasteiger partial charge in [-0.1, -0.05) is 30.0 Å². The van der Waals surface area contributed by atoms with Crippen LogP contribution in [0.3, 0.4) is 0 Å². The first-order valence-electron chi connectivity index (χ1n) is 9.76. The lowest BCUT2D eigenvalue weighted by atomic mass is 10.2. The van der Waals surface area contributed by atoms with Gasteiger partial charge in [0.25, 0.3) is 0 Å². The van der Waals surface area contributed by atoms with E-state index in [4.69, 9.17) is 9.15 Å². The number of thioether (sulfide) groups is 1. The van der Waals surface area contributed by atoms with Crippen molar-refractivity contribution in [1.82, 2.24) is 14.8 Å². The highest BCUT2D eigenvalue weighted by molar-refractivity contribution is 7.99. The number of benzene rings is 2. The highest BCUT2D eigenvalue weighted by Crippen LogP contribution is 2.28. The molecule has 0 N–H and O–H groups in total. The molecule has 4 aromatic rings. The molecule has 2 aromatic heterocycles. The summed E-state index contributed by atoms with van der Waals surface area (Å²) < 4.78 is 30.1. The summed E-state index contributed by atoms with van der Waals surface area (Å²) >= 11 is 1.15. The monoisotopic (exact) mass is 467 g/mol. The lowest BCUT2D eigenvalue weighted by Gasteiger charge is -2.10. The summed E-state index contributed by atoms with van der Waals surface area (Å²) in [6.45, 7) is -0.132. The van der Waals surface area contributed by atoms with Crippen LogP contribution in [-0.4, -0.2) is 39.6 Å².